The lowest BCUT2D eigenvalue weighted by atomic mass is 10.0. The molecule has 456 valence electrons. The van der Waals surface area contributed by atoms with E-state index in [9.17, 15) is 19.4 Å². The van der Waals surface area contributed by atoms with Crippen molar-refractivity contribution in [2.24, 2.45) is 0 Å². The Bertz CT molecular complexity index is 1350. The van der Waals surface area contributed by atoms with Crippen LogP contribution in [0.2, 0.25) is 0 Å². The predicted molar refractivity (Wildman–Crippen MR) is 335 cm³/mol. The lowest BCUT2D eigenvalue weighted by Gasteiger charge is -2.30. The summed E-state index contributed by atoms with van der Waals surface area (Å²) in [7, 11) is 1.32. The number of hydrogen-bond acceptors (Lipinski definition) is 6. The predicted octanol–water partition coefficient (Wildman–Crippen LogP) is 20.6. The highest BCUT2D eigenvalue weighted by molar-refractivity contribution is 7.45. The highest BCUT2D eigenvalue weighted by Crippen LogP contribution is 2.38. The van der Waals surface area contributed by atoms with Crippen LogP contribution in [0.25, 0.3) is 0 Å². The zero-order chi connectivity index (χ0) is 56.3. The number of carbonyl (C=O) groups excluding carboxylic acids is 1. The second kappa shape index (κ2) is 59.3. The fourth-order valence-electron chi connectivity index (χ4n) is 10.3. The van der Waals surface area contributed by atoms with Crippen molar-refractivity contribution in [1.82, 2.24) is 5.32 Å². The second-order valence-electron chi connectivity index (χ2n) is 24.5. The van der Waals surface area contributed by atoms with E-state index >= 15 is 0 Å². The number of hydrogen-bond donors (Lipinski definition) is 2. The zero-order valence-electron chi connectivity index (χ0n) is 52.2. The number of allylic oxidation sites excluding steroid dienone is 6. The number of aliphatic hydroxyl groups is 1. The molecule has 0 spiro atoms. The van der Waals surface area contributed by atoms with Crippen LogP contribution in [0.3, 0.4) is 0 Å². The Morgan fingerprint density at radius 3 is 1.09 bits per heavy atom. The Balaban J connectivity index is 4.04. The smallest absolute Gasteiger partial charge is 0.268 e. The molecule has 0 aliphatic carbocycles. The molecule has 77 heavy (non-hydrogen) atoms. The molecule has 8 nitrogen and oxygen atoms in total. The van der Waals surface area contributed by atoms with Crippen molar-refractivity contribution in [2.45, 2.75) is 353 Å². The standard InChI is InChI=1S/C68H133N2O6P/c1-6-8-10-12-14-16-18-20-22-24-26-28-30-32-33-34-35-36-37-38-40-42-44-46-48-50-52-54-56-58-60-62-68(72)69-66(65-76-77(73,74)75-64-63-70(3,4)5)67(71)61-59-57-55-53-51-49-47-45-43-41-39-31-29-27-25-23-21-19-17-15-13-11-9-7-2/h18,20,24,26,30,32,66-67,71H,6-17,19,21-23,25,27-29,31,33-65H2,1-5H3,(H-,69,72,73,74)/b20-18-,26-24-,32-30-. The molecule has 0 radical (unpaired) electrons. The van der Waals surface area contributed by atoms with Crippen LogP contribution in [-0.4, -0.2) is 68.5 Å². The van der Waals surface area contributed by atoms with Gasteiger partial charge in [0.1, 0.15) is 13.2 Å². The summed E-state index contributed by atoms with van der Waals surface area (Å²) in [5.74, 6) is -0.159. The van der Waals surface area contributed by atoms with Gasteiger partial charge in [0.25, 0.3) is 7.82 Å². The third-order valence-electron chi connectivity index (χ3n) is 15.6. The molecule has 0 aromatic rings. The average molecular weight is 1110 g/mol. The number of phosphoric acid groups is 1. The van der Waals surface area contributed by atoms with E-state index in [1.165, 1.54) is 263 Å². The van der Waals surface area contributed by atoms with E-state index in [1.807, 2.05) is 21.1 Å². The number of aliphatic hydroxyl groups excluding tert-OH is 1. The van der Waals surface area contributed by atoms with E-state index in [2.05, 4.69) is 55.6 Å². The number of quaternary nitrogens is 1. The van der Waals surface area contributed by atoms with Gasteiger partial charge >= 0.3 is 0 Å². The van der Waals surface area contributed by atoms with Crippen molar-refractivity contribution in [3.63, 3.8) is 0 Å². The van der Waals surface area contributed by atoms with Crippen LogP contribution in [0.5, 0.6) is 0 Å². The molecule has 0 aliphatic heterocycles. The van der Waals surface area contributed by atoms with Crippen molar-refractivity contribution in [3.8, 4) is 0 Å². The maximum atomic E-state index is 13.0. The molecule has 0 bridgehead atoms. The minimum Gasteiger partial charge on any atom is -0.756 e. The number of unbranched alkanes of at least 4 members (excludes halogenated alkanes) is 44. The number of nitrogens with one attached hydrogen (secondary N) is 1. The summed E-state index contributed by atoms with van der Waals surface area (Å²) >= 11 is 0. The first-order valence-electron chi connectivity index (χ1n) is 33.8. The molecular weight excluding hydrogens is 972 g/mol. The third kappa shape index (κ3) is 62.2. The fourth-order valence-corrected chi connectivity index (χ4v) is 11.1. The van der Waals surface area contributed by atoms with E-state index in [4.69, 9.17) is 9.05 Å². The first kappa shape index (κ1) is 75.7. The molecule has 0 saturated carbocycles. The molecule has 0 aromatic heterocycles. The third-order valence-corrected chi connectivity index (χ3v) is 16.6. The molecule has 1 amide bonds. The van der Waals surface area contributed by atoms with Crippen molar-refractivity contribution in [2.75, 3.05) is 40.9 Å². The van der Waals surface area contributed by atoms with Gasteiger partial charge in [0.2, 0.25) is 5.91 Å². The molecular formula is C68H133N2O6P. The Morgan fingerprint density at radius 1 is 0.455 bits per heavy atom. The Hall–Kier alpha value is -1.28. The Morgan fingerprint density at radius 2 is 0.753 bits per heavy atom. The van der Waals surface area contributed by atoms with Crippen molar-refractivity contribution in [3.05, 3.63) is 36.5 Å². The summed E-state index contributed by atoms with van der Waals surface area (Å²) in [5.41, 5.74) is 0. The molecule has 3 unspecified atom stereocenters. The van der Waals surface area contributed by atoms with E-state index < -0.39 is 20.0 Å². The molecule has 2 N–H and O–H groups in total. The van der Waals surface area contributed by atoms with Crippen LogP contribution in [-0.2, 0) is 18.4 Å². The summed E-state index contributed by atoms with van der Waals surface area (Å²) in [6, 6.07) is -0.801. The molecule has 0 saturated heterocycles. The van der Waals surface area contributed by atoms with Gasteiger partial charge in [0, 0.05) is 6.42 Å². The van der Waals surface area contributed by atoms with E-state index in [0.29, 0.717) is 23.9 Å². The quantitative estimate of drug-likeness (QED) is 0.0272. The monoisotopic (exact) mass is 1100 g/mol. The van der Waals surface area contributed by atoms with Gasteiger partial charge in [-0.2, -0.15) is 0 Å². The number of nitrogens with zero attached hydrogens (tertiary/aromatic N) is 1. The van der Waals surface area contributed by atoms with E-state index in [1.54, 1.807) is 0 Å². The van der Waals surface area contributed by atoms with Crippen LogP contribution in [0.4, 0.5) is 0 Å². The molecule has 9 heteroatoms. The zero-order valence-corrected chi connectivity index (χ0v) is 53.1. The molecule has 0 fully saturated rings. The molecule has 0 aliphatic rings. The summed E-state index contributed by atoms with van der Waals surface area (Å²) in [6.07, 6.45) is 77.8. The van der Waals surface area contributed by atoms with Gasteiger partial charge in [-0.3, -0.25) is 9.36 Å². The minimum absolute atomic E-state index is 0.0137. The Labute approximate surface area is 480 Å². The summed E-state index contributed by atoms with van der Waals surface area (Å²) in [4.78, 5) is 25.6. The number of phosphoric ester groups is 1. The second-order valence-corrected chi connectivity index (χ2v) is 25.9. The van der Waals surface area contributed by atoms with Crippen LogP contribution >= 0.6 is 7.82 Å². The molecule has 0 aromatic carbocycles. The van der Waals surface area contributed by atoms with Gasteiger partial charge < -0.3 is 28.8 Å². The summed E-state index contributed by atoms with van der Waals surface area (Å²) in [6.45, 7) is 4.76. The van der Waals surface area contributed by atoms with Crippen molar-refractivity contribution in [1.29, 1.82) is 0 Å². The number of likely N-dealkylation sites (N-methyl/N-ethyl adjacent to an activating group) is 1. The molecule has 3 atom stereocenters. The minimum atomic E-state index is -4.58. The van der Waals surface area contributed by atoms with Crippen molar-refractivity contribution < 1.29 is 32.9 Å². The molecule has 0 rings (SSSR count). The normalized spacial score (nSPS) is 13.9. The summed E-state index contributed by atoms with van der Waals surface area (Å²) in [5, 5.41) is 14.1. The highest BCUT2D eigenvalue weighted by Gasteiger charge is 2.24. The summed E-state index contributed by atoms with van der Waals surface area (Å²) < 4.78 is 23.5. The lowest BCUT2D eigenvalue weighted by molar-refractivity contribution is -0.870. The largest absolute Gasteiger partial charge is 0.756 e. The van der Waals surface area contributed by atoms with Gasteiger partial charge in [-0.15, -0.1) is 0 Å². The van der Waals surface area contributed by atoms with Crippen LogP contribution in [0.15, 0.2) is 36.5 Å². The molecule has 0 heterocycles. The van der Waals surface area contributed by atoms with Crippen molar-refractivity contribution >= 4 is 13.7 Å². The maximum Gasteiger partial charge on any atom is 0.268 e. The van der Waals surface area contributed by atoms with Crippen LogP contribution in [0.1, 0.15) is 341 Å². The lowest BCUT2D eigenvalue weighted by Crippen LogP contribution is -2.46. The van der Waals surface area contributed by atoms with E-state index in [0.717, 1.165) is 51.4 Å². The highest BCUT2D eigenvalue weighted by atomic mass is 31.2. The number of carbonyl (C=O) groups is 1. The number of rotatable bonds is 63. The van der Waals surface area contributed by atoms with Crippen LogP contribution in [0, 0.1) is 0 Å². The first-order valence-corrected chi connectivity index (χ1v) is 35.3. The van der Waals surface area contributed by atoms with Gasteiger partial charge in [-0.1, -0.05) is 320 Å². The van der Waals surface area contributed by atoms with Gasteiger partial charge in [-0.05, 0) is 51.4 Å². The SMILES string of the molecule is CCCCCCC/C=C\C/C=C\C/C=C\CCCCCCCCCCCCCCCCCCC(=O)NC(COP(=O)([O-])OCC[N+](C)(C)C)C(O)CCCCCCCCCCCCCCCCCCCCCCCCCC. The first-order chi connectivity index (χ1) is 37.5. The average Bonchev–Trinajstić information content (AvgIpc) is 3.39. The topological polar surface area (TPSA) is 108 Å². The number of amides is 1. The van der Waals surface area contributed by atoms with Crippen LogP contribution < -0.4 is 10.2 Å². The van der Waals surface area contributed by atoms with Gasteiger partial charge in [0.05, 0.1) is 39.9 Å². The van der Waals surface area contributed by atoms with Gasteiger partial charge in [-0.25, -0.2) is 0 Å². The Kier molecular flexibility index (Phi) is 58.4. The fraction of sp³-hybridized carbons (Fsp3) is 0.897. The maximum absolute atomic E-state index is 13.0. The van der Waals surface area contributed by atoms with E-state index in [-0.39, 0.29) is 19.1 Å². The van der Waals surface area contributed by atoms with Gasteiger partial charge in [0.15, 0.2) is 0 Å².